The van der Waals surface area contributed by atoms with Crippen LogP contribution < -0.4 is 5.32 Å². The molecule has 0 spiro atoms. The third-order valence-corrected chi connectivity index (χ3v) is 4.16. The molecule has 8 heteroatoms. The van der Waals surface area contributed by atoms with Crippen molar-refractivity contribution in [1.29, 1.82) is 0 Å². The molecular weight excluding hydrogens is 332 g/mol. The summed E-state index contributed by atoms with van der Waals surface area (Å²) in [6.45, 7) is 1.66. The van der Waals surface area contributed by atoms with Crippen LogP contribution in [0.4, 0.5) is 11.4 Å². The minimum absolute atomic E-state index is 0.0530. The van der Waals surface area contributed by atoms with Gasteiger partial charge in [-0.15, -0.1) is 0 Å². The molecule has 0 aliphatic rings. The summed E-state index contributed by atoms with van der Waals surface area (Å²) >= 11 is 1.09. The lowest BCUT2D eigenvalue weighted by molar-refractivity contribution is -0.387. The number of nitrogens with zero attached hydrogens (tertiary/aromatic N) is 1. The van der Waals surface area contributed by atoms with Gasteiger partial charge in [-0.25, -0.2) is 4.79 Å². The van der Waals surface area contributed by atoms with Crippen LogP contribution >= 0.6 is 11.8 Å². The maximum absolute atomic E-state index is 11.5. The van der Waals surface area contributed by atoms with E-state index >= 15 is 0 Å². The van der Waals surface area contributed by atoms with Gasteiger partial charge in [-0.3, -0.25) is 14.9 Å². The number of hydrogen-bond donors (Lipinski definition) is 2. The zero-order valence-electron chi connectivity index (χ0n) is 12.7. The van der Waals surface area contributed by atoms with Crippen LogP contribution in [0, 0.1) is 10.1 Å². The van der Waals surface area contributed by atoms with E-state index < -0.39 is 10.9 Å². The number of hydrogen-bond acceptors (Lipinski definition) is 5. The molecule has 0 atom stereocenters. The maximum Gasteiger partial charge on any atom is 0.337 e. The lowest BCUT2D eigenvalue weighted by Crippen LogP contribution is -2.13. The summed E-state index contributed by atoms with van der Waals surface area (Å²) in [7, 11) is 0. The van der Waals surface area contributed by atoms with Gasteiger partial charge in [0.15, 0.2) is 0 Å². The Morgan fingerprint density at radius 1 is 1.25 bits per heavy atom. The number of aromatic carboxylic acids is 1. The van der Waals surface area contributed by atoms with Crippen LogP contribution in [0.5, 0.6) is 0 Å². The van der Waals surface area contributed by atoms with Gasteiger partial charge in [-0.2, -0.15) is 0 Å². The van der Waals surface area contributed by atoms with Gasteiger partial charge >= 0.3 is 5.97 Å². The zero-order chi connectivity index (χ0) is 17.7. The number of anilines is 1. The predicted molar refractivity (Wildman–Crippen MR) is 89.5 cm³/mol. The molecule has 2 rings (SSSR count). The van der Waals surface area contributed by atoms with Crippen molar-refractivity contribution >= 4 is 35.0 Å². The largest absolute Gasteiger partial charge is 0.478 e. The van der Waals surface area contributed by atoms with Crippen LogP contribution in [0.3, 0.4) is 0 Å². The highest BCUT2D eigenvalue weighted by atomic mass is 32.2. The molecule has 2 aromatic rings. The van der Waals surface area contributed by atoms with Gasteiger partial charge in [0.05, 0.1) is 21.1 Å². The first-order valence-electron chi connectivity index (χ1n) is 7.00. The summed E-state index contributed by atoms with van der Waals surface area (Å²) in [5.74, 6) is -1.48. The maximum atomic E-state index is 11.5. The van der Waals surface area contributed by atoms with Crippen molar-refractivity contribution in [3.05, 3.63) is 58.1 Å². The lowest BCUT2D eigenvalue weighted by atomic mass is 10.1. The highest BCUT2D eigenvalue weighted by Crippen LogP contribution is 2.36. The molecule has 2 N–H and O–H groups in total. The van der Waals surface area contributed by atoms with Gasteiger partial charge in [0.2, 0.25) is 5.91 Å². The Labute approximate surface area is 141 Å². The average Bonchev–Trinajstić information content (AvgIpc) is 2.56. The summed E-state index contributed by atoms with van der Waals surface area (Å²) in [6.07, 6.45) is 0.228. The molecule has 0 unspecified atom stereocenters. The highest BCUT2D eigenvalue weighted by molar-refractivity contribution is 7.99. The molecule has 0 heterocycles. The molecule has 0 saturated carbocycles. The van der Waals surface area contributed by atoms with E-state index in [4.69, 9.17) is 0 Å². The topological polar surface area (TPSA) is 110 Å². The fourth-order valence-corrected chi connectivity index (χ4v) is 2.89. The van der Waals surface area contributed by atoms with Crippen molar-refractivity contribution in [3.63, 3.8) is 0 Å². The van der Waals surface area contributed by atoms with Crippen molar-refractivity contribution in [1.82, 2.24) is 0 Å². The summed E-state index contributed by atoms with van der Waals surface area (Å²) < 4.78 is 0. The number of nitro benzene ring substituents is 1. The number of para-hydroxylation sites is 1. The fourth-order valence-electron chi connectivity index (χ4n) is 1.93. The third-order valence-electron chi connectivity index (χ3n) is 3.11. The first-order chi connectivity index (χ1) is 11.4. The fraction of sp³-hybridized carbons (Fsp3) is 0.125. The van der Waals surface area contributed by atoms with E-state index in [1.54, 1.807) is 31.2 Å². The molecule has 0 saturated heterocycles. The Balaban J connectivity index is 2.36. The number of nitro groups is 1. The first-order valence-corrected chi connectivity index (χ1v) is 7.82. The number of carbonyl (C=O) groups is 2. The number of nitrogens with one attached hydrogen (secondary N) is 1. The Bertz CT molecular complexity index is 807. The second kappa shape index (κ2) is 7.60. The molecule has 0 aliphatic heterocycles. The van der Waals surface area contributed by atoms with E-state index in [-0.39, 0.29) is 29.3 Å². The Morgan fingerprint density at radius 3 is 2.58 bits per heavy atom. The van der Waals surface area contributed by atoms with Crippen LogP contribution in [-0.2, 0) is 4.79 Å². The minimum atomic E-state index is -1.19. The van der Waals surface area contributed by atoms with Crippen molar-refractivity contribution in [2.45, 2.75) is 23.1 Å². The molecule has 0 radical (unpaired) electrons. The second-order valence-corrected chi connectivity index (χ2v) is 5.86. The molecule has 0 aromatic heterocycles. The van der Waals surface area contributed by atoms with Gasteiger partial charge < -0.3 is 10.4 Å². The van der Waals surface area contributed by atoms with Crippen molar-refractivity contribution in [3.8, 4) is 0 Å². The van der Waals surface area contributed by atoms with E-state index in [2.05, 4.69) is 5.32 Å². The van der Waals surface area contributed by atoms with Crippen molar-refractivity contribution < 1.29 is 19.6 Å². The van der Waals surface area contributed by atoms with Gasteiger partial charge in [0.1, 0.15) is 0 Å². The van der Waals surface area contributed by atoms with Gasteiger partial charge in [-0.1, -0.05) is 30.8 Å². The molecule has 0 fully saturated rings. The number of benzene rings is 2. The van der Waals surface area contributed by atoms with Crippen LogP contribution in [-0.4, -0.2) is 21.9 Å². The summed E-state index contributed by atoms with van der Waals surface area (Å²) in [6, 6.07) is 10.7. The zero-order valence-corrected chi connectivity index (χ0v) is 13.5. The quantitative estimate of drug-likeness (QED) is 0.608. The number of carboxylic acid groups (broad SMARTS) is 1. The first kappa shape index (κ1) is 17.5. The minimum Gasteiger partial charge on any atom is -0.478 e. The molecular formula is C16H14N2O5S. The SMILES string of the molecule is CCC(=O)Nc1ccc(Sc2ccccc2[N+](=O)[O-])cc1C(=O)O. The molecule has 24 heavy (non-hydrogen) atoms. The van der Waals surface area contributed by atoms with Crippen molar-refractivity contribution in [2.24, 2.45) is 0 Å². The van der Waals surface area contributed by atoms with E-state index in [0.717, 1.165) is 11.8 Å². The van der Waals surface area contributed by atoms with Gasteiger partial charge in [-0.05, 0) is 24.3 Å². The van der Waals surface area contributed by atoms with E-state index in [1.165, 1.54) is 18.2 Å². The smallest absolute Gasteiger partial charge is 0.337 e. The van der Waals surface area contributed by atoms with Gasteiger partial charge in [0, 0.05) is 17.4 Å². The number of carbonyl (C=O) groups excluding carboxylic acids is 1. The predicted octanol–water partition coefficient (Wildman–Crippen LogP) is 3.79. The summed E-state index contributed by atoms with van der Waals surface area (Å²) in [5, 5.41) is 22.9. The molecule has 1 amide bonds. The molecule has 2 aromatic carbocycles. The number of amides is 1. The number of rotatable bonds is 6. The van der Waals surface area contributed by atoms with E-state index in [9.17, 15) is 24.8 Å². The van der Waals surface area contributed by atoms with Crippen LogP contribution in [0.2, 0.25) is 0 Å². The number of carboxylic acids is 1. The van der Waals surface area contributed by atoms with Crippen molar-refractivity contribution in [2.75, 3.05) is 5.32 Å². The molecule has 7 nitrogen and oxygen atoms in total. The Kier molecular flexibility index (Phi) is 5.54. The average molecular weight is 346 g/mol. The van der Waals surface area contributed by atoms with E-state index in [0.29, 0.717) is 9.79 Å². The van der Waals surface area contributed by atoms with Crippen LogP contribution in [0.25, 0.3) is 0 Å². The van der Waals surface area contributed by atoms with Crippen LogP contribution in [0.1, 0.15) is 23.7 Å². The molecule has 0 aliphatic carbocycles. The third kappa shape index (κ3) is 4.11. The Hall–Kier alpha value is -2.87. The summed E-state index contributed by atoms with van der Waals surface area (Å²) in [4.78, 5) is 34.4. The van der Waals surface area contributed by atoms with Gasteiger partial charge in [0.25, 0.3) is 5.69 Å². The lowest BCUT2D eigenvalue weighted by Gasteiger charge is -2.10. The van der Waals surface area contributed by atoms with E-state index in [1.807, 2.05) is 0 Å². The Morgan fingerprint density at radius 2 is 1.96 bits per heavy atom. The monoisotopic (exact) mass is 346 g/mol. The summed E-state index contributed by atoms with van der Waals surface area (Å²) in [5.41, 5.74) is 0.0735. The highest BCUT2D eigenvalue weighted by Gasteiger charge is 2.17. The standard InChI is InChI=1S/C16H14N2O5S/c1-2-15(19)17-12-8-7-10(9-11(12)16(20)21)24-14-6-4-3-5-13(14)18(22)23/h3-9H,2H2,1H3,(H,17,19)(H,20,21). The molecule has 0 bridgehead atoms. The molecule has 124 valence electrons. The second-order valence-electron chi connectivity index (χ2n) is 4.74. The van der Waals surface area contributed by atoms with Crippen LogP contribution in [0.15, 0.2) is 52.3 Å². The normalized spacial score (nSPS) is 10.2.